The molecule has 0 spiro atoms. The zero-order valence-corrected chi connectivity index (χ0v) is 7.93. The van der Waals surface area contributed by atoms with Crippen LogP contribution in [0.15, 0.2) is 21.7 Å². The molecule has 0 saturated carbocycles. The largest absolute Gasteiger partial charge is 0.375 e. The second-order valence-corrected chi connectivity index (χ2v) is 4.84. The molecule has 0 radical (unpaired) electrons. The molecule has 1 N–H and O–H groups in total. The smallest absolute Gasteiger partial charge is 0.110 e. The van der Waals surface area contributed by atoms with E-state index in [2.05, 4.69) is 22.3 Å². The highest BCUT2D eigenvalue weighted by atomic mass is 35.5. The summed E-state index contributed by atoms with van der Waals surface area (Å²) in [7, 11) is 0.317. The summed E-state index contributed by atoms with van der Waals surface area (Å²) in [5, 5.41) is 8.54. The van der Waals surface area contributed by atoms with Crippen molar-refractivity contribution < 1.29 is 0 Å². The molecule has 0 aromatic rings. The fourth-order valence-electron chi connectivity index (χ4n) is 1.37. The SMILES string of the molecule is CS1=CC2=C(Cl)NCCC2=C1. The molecule has 1 atom stereocenters. The lowest BCUT2D eigenvalue weighted by atomic mass is 10.1. The summed E-state index contributed by atoms with van der Waals surface area (Å²) in [6.45, 7) is 0.985. The molecule has 1 nitrogen and oxygen atoms in total. The molecule has 2 rings (SSSR count). The van der Waals surface area contributed by atoms with Gasteiger partial charge in [-0.3, -0.25) is 0 Å². The van der Waals surface area contributed by atoms with Crippen molar-refractivity contribution in [3.8, 4) is 0 Å². The Bertz CT molecular complexity index is 288. The molecular formula is C8H10ClNS. The van der Waals surface area contributed by atoms with Gasteiger partial charge in [0.15, 0.2) is 0 Å². The van der Waals surface area contributed by atoms with Gasteiger partial charge in [0, 0.05) is 12.1 Å². The summed E-state index contributed by atoms with van der Waals surface area (Å²) in [5.41, 5.74) is 2.67. The summed E-state index contributed by atoms with van der Waals surface area (Å²) < 4.78 is 0. The molecule has 0 fully saturated rings. The first kappa shape index (κ1) is 7.44. The molecule has 2 aliphatic heterocycles. The van der Waals surface area contributed by atoms with Crippen molar-refractivity contribution in [1.82, 2.24) is 5.32 Å². The Balaban J connectivity index is 2.47. The van der Waals surface area contributed by atoms with Crippen LogP contribution in [0.1, 0.15) is 6.42 Å². The second kappa shape index (κ2) is 2.68. The summed E-state index contributed by atoms with van der Waals surface area (Å²) in [5.74, 6) is 0. The van der Waals surface area contributed by atoms with Crippen molar-refractivity contribution in [1.29, 1.82) is 0 Å². The van der Waals surface area contributed by atoms with Crippen molar-refractivity contribution >= 4 is 27.5 Å². The molecular weight excluding hydrogens is 178 g/mol. The van der Waals surface area contributed by atoms with Crippen molar-refractivity contribution in [2.24, 2.45) is 0 Å². The van der Waals surface area contributed by atoms with Gasteiger partial charge in [-0.1, -0.05) is 11.6 Å². The normalized spacial score (nSPS) is 28.9. The average Bonchev–Trinajstić information content (AvgIpc) is 2.31. The van der Waals surface area contributed by atoms with Crippen LogP contribution in [0.5, 0.6) is 0 Å². The van der Waals surface area contributed by atoms with E-state index in [9.17, 15) is 0 Å². The third-order valence-electron chi connectivity index (χ3n) is 1.89. The number of halogens is 1. The van der Waals surface area contributed by atoms with Gasteiger partial charge in [-0.05, 0) is 29.0 Å². The highest BCUT2D eigenvalue weighted by Gasteiger charge is 2.17. The fraction of sp³-hybridized carbons (Fsp3) is 0.375. The van der Waals surface area contributed by atoms with Gasteiger partial charge in [0.25, 0.3) is 0 Å². The molecule has 11 heavy (non-hydrogen) atoms. The van der Waals surface area contributed by atoms with Gasteiger partial charge in [-0.2, -0.15) is 10.5 Å². The van der Waals surface area contributed by atoms with Gasteiger partial charge in [0.1, 0.15) is 5.16 Å². The molecule has 0 saturated heterocycles. The highest BCUT2D eigenvalue weighted by molar-refractivity contribution is 8.17. The van der Waals surface area contributed by atoms with Crippen LogP contribution < -0.4 is 5.32 Å². The molecule has 60 valence electrons. The Morgan fingerprint density at radius 2 is 2.45 bits per heavy atom. The monoisotopic (exact) mass is 187 g/mol. The van der Waals surface area contributed by atoms with E-state index >= 15 is 0 Å². The Hall–Kier alpha value is -0.210. The molecule has 1 unspecified atom stereocenters. The van der Waals surface area contributed by atoms with Crippen molar-refractivity contribution in [3.05, 3.63) is 21.7 Å². The summed E-state index contributed by atoms with van der Waals surface area (Å²) in [6.07, 6.45) is 3.34. The van der Waals surface area contributed by atoms with Crippen molar-refractivity contribution in [2.45, 2.75) is 6.42 Å². The van der Waals surface area contributed by atoms with Gasteiger partial charge >= 0.3 is 0 Å². The van der Waals surface area contributed by atoms with E-state index in [1.165, 1.54) is 11.1 Å². The first-order chi connectivity index (χ1) is 5.27. The van der Waals surface area contributed by atoms with Gasteiger partial charge in [-0.15, -0.1) is 0 Å². The van der Waals surface area contributed by atoms with Crippen LogP contribution in [0.4, 0.5) is 0 Å². The minimum Gasteiger partial charge on any atom is -0.375 e. The van der Waals surface area contributed by atoms with Gasteiger partial charge in [0.05, 0.1) is 0 Å². The predicted octanol–water partition coefficient (Wildman–Crippen LogP) is 2.03. The lowest BCUT2D eigenvalue weighted by Gasteiger charge is -2.15. The minimum atomic E-state index is 0.317. The lowest BCUT2D eigenvalue weighted by molar-refractivity contribution is 0.789. The average molecular weight is 188 g/mol. The molecule has 0 bridgehead atoms. The Labute approximate surface area is 74.1 Å². The highest BCUT2D eigenvalue weighted by Crippen LogP contribution is 2.32. The zero-order chi connectivity index (χ0) is 7.84. The Morgan fingerprint density at radius 1 is 1.64 bits per heavy atom. The number of rotatable bonds is 0. The van der Waals surface area contributed by atoms with Crippen molar-refractivity contribution in [3.63, 3.8) is 0 Å². The summed E-state index contributed by atoms with van der Waals surface area (Å²) >= 11 is 5.98. The quantitative estimate of drug-likeness (QED) is 0.452. The Kier molecular flexibility index (Phi) is 1.81. The van der Waals surface area contributed by atoms with E-state index in [1.54, 1.807) is 0 Å². The van der Waals surface area contributed by atoms with Gasteiger partial charge in [-0.25, -0.2) is 0 Å². The number of hydrogen-bond donors (Lipinski definition) is 1. The number of nitrogens with one attached hydrogen (secondary N) is 1. The number of hydrogen-bond acceptors (Lipinski definition) is 1. The van der Waals surface area contributed by atoms with Crippen molar-refractivity contribution in [2.75, 3.05) is 12.8 Å². The first-order valence-corrected chi connectivity index (χ1v) is 5.74. The standard InChI is InChI=1S/C8H10ClNS/c1-11-4-6-2-3-10-8(9)7(6)5-11/h4-5,10H,2-3H2,1H3. The van der Waals surface area contributed by atoms with Crippen LogP contribution in [0, 0.1) is 0 Å². The van der Waals surface area contributed by atoms with E-state index < -0.39 is 0 Å². The second-order valence-electron chi connectivity index (χ2n) is 2.77. The lowest BCUT2D eigenvalue weighted by Crippen LogP contribution is -2.19. The van der Waals surface area contributed by atoms with Crippen LogP contribution in [-0.4, -0.2) is 18.2 Å². The molecule has 0 aromatic heterocycles. The maximum atomic E-state index is 5.98. The third kappa shape index (κ3) is 1.25. The molecule has 0 amide bonds. The molecule has 0 aliphatic carbocycles. The molecule has 0 aromatic carbocycles. The molecule has 2 aliphatic rings. The maximum absolute atomic E-state index is 5.98. The van der Waals surface area contributed by atoms with E-state index in [4.69, 9.17) is 11.6 Å². The fourth-order valence-corrected chi connectivity index (χ4v) is 3.11. The minimum absolute atomic E-state index is 0.317. The van der Waals surface area contributed by atoms with Crippen LogP contribution >= 0.6 is 22.1 Å². The topological polar surface area (TPSA) is 12.0 Å². The molecule has 2 heterocycles. The Morgan fingerprint density at radius 3 is 3.18 bits per heavy atom. The van der Waals surface area contributed by atoms with Crippen LogP contribution in [0.3, 0.4) is 0 Å². The van der Waals surface area contributed by atoms with Crippen LogP contribution in [0.25, 0.3) is 0 Å². The zero-order valence-electron chi connectivity index (χ0n) is 6.36. The summed E-state index contributed by atoms with van der Waals surface area (Å²) in [4.78, 5) is 0. The molecule has 3 heteroatoms. The van der Waals surface area contributed by atoms with E-state index in [0.717, 1.165) is 18.1 Å². The van der Waals surface area contributed by atoms with E-state index in [-0.39, 0.29) is 0 Å². The predicted molar refractivity (Wildman–Crippen MR) is 53.2 cm³/mol. The van der Waals surface area contributed by atoms with Gasteiger partial charge in [0.2, 0.25) is 0 Å². The number of allylic oxidation sites excluding steroid dienone is 1. The maximum Gasteiger partial charge on any atom is 0.110 e. The first-order valence-electron chi connectivity index (χ1n) is 3.60. The van der Waals surface area contributed by atoms with Gasteiger partial charge < -0.3 is 5.32 Å². The van der Waals surface area contributed by atoms with E-state index in [1.807, 2.05) is 0 Å². The third-order valence-corrected chi connectivity index (χ3v) is 3.49. The van der Waals surface area contributed by atoms with Crippen LogP contribution in [0.2, 0.25) is 0 Å². The number of fused-ring (bicyclic) bond motifs is 1. The van der Waals surface area contributed by atoms with Crippen LogP contribution in [-0.2, 0) is 0 Å². The summed E-state index contributed by atoms with van der Waals surface area (Å²) in [6, 6.07) is 0. The van der Waals surface area contributed by atoms with E-state index in [0.29, 0.717) is 10.5 Å².